The van der Waals surface area contributed by atoms with Gasteiger partial charge in [0.25, 0.3) is 0 Å². The zero-order valence-corrected chi connectivity index (χ0v) is 5.38. The molecule has 0 atom stereocenters. The second-order valence-corrected chi connectivity index (χ2v) is 1.41. The van der Waals surface area contributed by atoms with E-state index in [0.29, 0.717) is 0 Å². The molecule has 0 heterocycles. The number of hydrogen-bond donors (Lipinski definition) is 0. The lowest BCUT2D eigenvalue weighted by Gasteiger charge is -1.94. The van der Waals surface area contributed by atoms with Gasteiger partial charge in [0.15, 0.2) is 0 Å². The zero-order valence-electron chi connectivity index (χ0n) is 5.38. The number of esters is 1. The normalized spacial score (nSPS) is 8.22. The van der Waals surface area contributed by atoms with Crippen molar-refractivity contribution >= 4 is 11.9 Å². The Morgan fingerprint density at radius 1 is 1.56 bits per heavy atom. The van der Waals surface area contributed by atoms with Crippen molar-refractivity contribution in [1.29, 1.82) is 0 Å². The monoisotopic (exact) mass is 130 g/mol. The molecule has 4 nitrogen and oxygen atoms in total. The Bertz CT molecular complexity index is 121. The lowest BCUT2D eigenvalue weighted by molar-refractivity contribution is -0.141. The third kappa shape index (κ3) is 4.80. The van der Waals surface area contributed by atoms with Gasteiger partial charge in [0.1, 0.15) is 6.54 Å². The molecule has 0 N–H and O–H groups in total. The van der Waals surface area contributed by atoms with E-state index in [2.05, 4.69) is 10.1 Å². The number of hydrogen-bond acceptors (Lipinski definition) is 3. The molecule has 0 unspecified atom stereocenters. The lowest BCUT2D eigenvalue weighted by atomic mass is 10.6. The Kier molecular flexibility index (Phi) is 3.43. The SMILES string of the molecule is COC(=O)C[N]C(C)=O. The predicted octanol–water partition coefficient (Wildman–Crippen LogP) is -0.690. The molecule has 0 aromatic heterocycles. The molecule has 0 bridgehead atoms. The minimum absolute atomic E-state index is 0.175. The van der Waals surface area contributed by atoms with Crippen LogP contribution in [0.15, 0.2) is 0 Å². The van der Waals surface area contributed by atoms with Crippen molar-refractivity contribution in [2.24, 2.45) is 0 Å². The van der Waals surface area contributed by atoms with E-state index in [4.69, 9.17) is 0 Å². The van der Waals surface area contributed by atoms with E-state index in [0.717, 1.165) is 0 Å². The van der Waals surface area contributed by atoms with Crippen LogP contribution in [0.1, 0.15) is 6.92 Å². The van der Waals surface area contributed by atoms with Crippen molar-refractivity contribution in [3.8, 4) is 0 Å². The minimum atomic E-state index is -0.495. The van der Waals surface area contributed by atoms with Crippen LogP contribution >= 0.6 is 0 Å². The van der Waals surface area contributed by atoms with Crippen LogP contribution in [0, 0.1) is 0 Å². The summed E-state index contributed by atoms with van der Waals surface area (Å²) < 4.78 is 4.22. The molecule has 51 valence electrons. The molecule has 0 aliphatic rings. The topological polar surface area (TPSA) is 57.5 Å². The van der Waals surface area contributed by atoms with Gasteiger partial charge < -0.3 is 4.74 Å². The summed E-state index contributed by atoms with van der Waals surface area (Å²) in [5.74, 6) is -0.856. The molecule has 0 aromatic rings. The summed E-state index contributed by atoms with van der Waals surface area (Å²) in [7, 11) is 1.25. The maximum Gasteiger partial charge on any atom is 0.327 e. The number of ether oxygens (including phenoxy) is 1. The van der Waals surface area contributed by atoms with Gasteiger partial charge in [-0.2, -0.15) is 0 Å². The van der Waals surface area contributed by atoms with Gasteiger partial charge in [-0.3, -0.25) is 9.59 Å². The summed E-state index contributed by atoms with van der Waals surface area (Å²) in [6, 6.07) is 0. The fraction of sp³-hybridized carbons (Fsp3) is 0.600. The van der Waals surface area contributed by atoms with E-state index in [-0.39, 0.29) is 12.5 Å². The molecule has 0 aromatic carbocycles. The summed E-state index contributed by atoms with van der Waals surface area (Å²) in [5, 5.41) is 3.28. The first-order valence-electron chi connectivity index (χ1n) is 2.41. The van der Waals surface area contributed by atoms with Gasteiger partial charge >= 0.3 is 5.97 Å². The molecule has 0 fully saturated rings. The van der Waals surface area contributed by atoms with Crippen molar-refractivity contribution < 1.29 is 14.3 Å². The standard InChI is InChI=1S/C5H8NO3/c1-4(7)6-3-5(8)9-2/h3H2,1-2H3. The Balaban J connectivity index is 3.28. The first-order chi connectivity index (χ1) is 4.16. The predicted molar refractivity (Wildman–Crippen MR) is 29.7 cm³/mol. The first-order valence-corrected chi connectivity index (χ1v) is 2.41. The summed E-state index contributed by atoms with van der Waals surface area (Å²) in [6.07, 6.45) is 0. The average molecular weight is 130 g/mol. The second kappa shape index (κ2) is 3.88. The van der Waals surface area contributed by atoms with Crippen LogP contribution in [0.4, 0.5) is 0 Å². The maximum atomic E-state index is 10.2. The van der Waals surface area contributed by atoms with Crippen LogP contribution in [0.3, 0.4) is 0 Å². The maximum absolute atomic E-state index is 10.2. The van der Waals surface area contributed by atoms with Crippen LogP contribution in [-0.4, -0.2) is 25.5 Å². The minimum Gasteiger partial charge on any atom is -0.468 e. The molecule has 1 radical (unpaired) electrons. The van der Waals surface area contributed by atoms with Crippen LogP contribution in [-0.2, 0) is 14.3 Å². The van der Waals surface area contributed by atoms with E-state index in [9.17, 15) is 9.59 Å². The van der Waals surface area contributed by atoms with Crippen LogP contribution in [0.5, 0.6) is 0 Å². The fourth-order valence-electron chi connectivity index (χ4n) is 0.240. The number of methoxy groups -OCH3 is 1. The largest absolute Gasteiger partial charge is 0.468 e. The average Bonchev–Trinajstić information content (AvgIpc) is 1.83. The van der Waals surface area contributed by atoms with E-state index in [1.807, 2.05) is 0 Å². The van der Waals surface area contributed by atoms with Gasteiger partial charge in [-0.15, -0.1) is 0 Å². The number of nitrogens with zero attached hydrogens (tertiary/aromatic N) is 1. The van der Waals surface area contributed by atoms with Crippen molar-refractivity contribution in [2.75, 3.05) is 13.7 Å². The highest BCUT2D eigenvalue weighted by Crippen LogP contribution is 1.71. The number of amides is 1. The van der Waals surface area contributed by atoms with Gasteiger partial charge in [0.2, 0.25) is 5.91 Å². The quantitative estimate of drug-likeness (QED) is 0.465. The van der Waals surface area contributed by atoms with Crippen molar-refractivity contribution in [3.63, 3.8) is 0 Å². The molecule has 0 saturated heterocycles. The van der Waals surface area contributed by atoms with Crippen molar-refractivity contribution in [3.05, 3.63) is 0 Å². The van der Waals surface area contributed by atoms with Gasteiger partial charge in [0.05, 0.1) is 7.11 Å². The van der Waals surface area contributed by atoms with E-state index in [1.165, 1.54) is 14.0 Å². The Morgan fingerprint density at radius 2 is 2.11 bits per heavy atom. The summed E-state index contributed by atoms with van der Waals surface area (Å²) in [5.41, 5.74) is 0. The molecule has 4 heteroatoms. The molecular formula is C5H8NO3. The van der Waals surface area contributed by atoms with Gasteiger partial charge in [-0.25, -0.2) is 5.32 Å². The molecule has 0 spiro atoms. The summed E-state index contributed by atoms with van der Waals surface area (Å²) in [6.45, 7) is 1.11. The molecule has 0 aliphatic carbocycles. The third-order valence-corrected chi connectivity index (χ3v) is 0.658. The molecule has 0 saturated carbocycles. The van der Waals surface area contributed by atoms with Crippen molar-refractivity contribution in [1.82, 2.24) is 5.32 Å². The second-order valence-electron chi connectivity index (χ2n) is 1.41. The molecule has 0 rings (SSSR count). The van der Waals surface area contributed by atoms with Crippen LogP contribution in [0.2, 0.25) is 0 Å². The highest BCUT2D eigenvalue weighted by molar-refractivity contribution is 5.79. The molecular weight excluding hydrogens is 122 g/mol. The van der Waals surface area contributed by atoms with Gasteiger partial charge in [0, 0.05) is 6.92 Å². The number of rotatable bonds is 2. The highest BCUT2D eigenvalue weighted by atomic mass is 16.5. The number of carbonyl (C=O) groups excluding carboxylic acids is 2. The third-order valence-electron chi connectivity index (χ3n) is 0.658. The summed E-state index contributed by atoms with van der Waals surface area (Å²) >= 11 is 0. The Morgan fingerprint density at radius 3 is 2.44 bits per heavy atom. The van der Waals surface area contributed by atoms with Crippen molar-refractivity contribution in [2.45, 2.75) is 6.92 Å². The fourth-order valence-corrected chi connectivity index (χ4v) is 0.240. The Hall–Kier alpha value is -1.06. The highest BCUT2D eigenvalue weighted by Gasteiger charge is 2.00. The van der Waals surface area contributed by atoms with Crippen LogP contribution < -0.4 is 5.32 Å². The van der Waals surface area contributed by atoms with E-state index < -0.39 is 5.97 Å². The molecule has 1 amide bonds. The van der Waals surface area contributed by atoms with Gasteiger partial charge in [-0.1, -0.05) is 0 Å². The zero-order chi connectivity index (χ0) is 7.28. The number of carbonyl (C=O) groups is 2. The van der Waals surface area contributed by atoms with E-state index in [1.54, 1.807) is 0 Å². The van der Waals surface area contributed by atoms with Gasteiger partial charge in [-0.05, 0) is 0 Å². The lowest BCUT2D eigenvalue weighted by Crippen LogP contribution is -2.21. The van der Waals surface area contributed by atoms with E-state index >= 15 is 0 Å². The Labute approximate surface area is 53.2 Å². The molecule has 9 heavy (non-hydrogen) atoms. The summed E-state index contributed by atoms with van der Waals surface area (Å²) in [4.78, 5) is 20.3. The first kappa shape index (κ1) is 7.94. The van der Waals surface area contributed by atoms with Crippen LogP contribution in [0.25, 0.3) is 0 Å². The molecule has 0 aliphatic heterocycles. The smallest absolute Gasteiger partial charge is 0.327 e.